The van der Waals surface area contributed by atoms with Crippen LogP contribution in [-0.2, 0) is 14.8 Å². The number of aromatic nitrogens is 2. The quantitative estimate of drug-likeness (QED) is 0.861. The Morgan fingerprint density at radius 2 is 2.00 bits per heavy atom. The second-order valence-corrected chi connectivity index (χ2v) is 6.45. The Morgan fingerprint density at radius 3 is 2.58 bits per heavy atom. The average Bonchev–Trinajstić information content (AvgIpc) is 2.41. The van der Waals surface area contributed by atoms with Gasteiger partial charge in [-0.05, 0) is 13.8 Å². The first-order valence-corrected chi connectivity index (χ1v) is 7.52. The highest BCUT2D eigenvalue weighted by molar-refractivity contribution is 7.89. The SMILES string of the molecule is CNc1ncc(S(=O)(=O)N2CC(C)OCC2C)cn1. The van der Waals surface area contributed by atoms with Crippen LogP contribution in [0.25, 0.3) is 0 Å². The van der Waals surface area contributed by atoms with Gasteiger partial charge in [0.15, 0.2) is 0 Å². The summed E-state index contributed by atoms with van der Waals surface area (Å²) in [5, 5.41) is 2.75. The molecule has 0 amide bonds. The molecule has 2 unspecified atom stereocenters. The Kier molecular flexibility index (Phi) is 4.02. The van der Waals surface area contributed by atoms with Crippen LogP contribution < -0.4 is 5.32 Å². The van der Waals surface area contributed by atoms with Crippen molar-refractivity contribution < 1.29 is 13.2 Å². The number of nitrogens with zero attached hydrogens (tertiary/aromatic N) is 3. The molecule has 7 nitrogen and oxygen atoms in total. The molecule has 0 radical (unpaired) electrons. The van der Waals surface area contributed by atoms with Gasteiger partial charge in [0.05, 0.1) is 25.1 Å². The van der Waals surface area contributed by atoms with Crippen molar-refractivity contribution in [2.75, 3.05) is 25.5 Å². The van der Waals surface area contributed by atoms with Gasteiger partial charge in [-0.2, -0.15) is 4.31 Å². The number of morpholine rings is 1. The molecule has 19 heavy (non-hydrogen) atoms. The van der Waals surface area contributed by atoms with Gasteiger partial charge in [-0.3, -0.25) is 0 Å². The molecule has 1 aromatic rings. The Morgan fingerprint density at radius 1 is 1.37 bits per heavy atom. The zero-order valence-corrected chi connectivity index (χ0v) is 12.0. The van der Waals surface area contributed by atoms with Crippen LogP contribution in [0, 0.1) is 0 Å². The number of ether oxygens (including phenoxy) is 1. The van der Waals surface area contributed by atoms with Crippen LogP contribution in [0.15, 0.2) is 17.3 Å². The lowest BCUT2D eigenvalue weighted by molar-refractivity contribution is -0.0170. The normalized spacial score (nSPS) is 25.2. The standard InChI is InChI=1S/C11H18N4O3S/c1-8-7-18-9(2)6-15(8)19(16,17)10-4-13-11(12-3)14-5-10/h4-5,8-9H,6-7H2,1-3H3,(H,12,13,14). The van der Waals surface area contributed by atoms with Gasteiger partial charge in [-0.25, -0.2) is 18.4 Å². The molecule has 1 aliphatic rings. The number of rotatable bonds is 3. The highest BCUT2D eigenvalue weighted by Crippen LogP contribution is 2.21. The third-order valence-electron chi connectivity index (χ3n) is 3.01. The highest BCUT2D eigenvalue weighted by Gasteiger charge is 2.34. The predicted molar refractivity (Wildman–Crippen MR) is 70.3 cm³/mol. The molecule has 0 aromatic carbocycles. The van der Waals surface area contributed by atoms with E-state index in [1.54, 1.807) is 7.05 Å². The minimum absolute atomic E-state index is 0.104. The molecule has 1 aliphatic heterocycles. The first kappa shape index (κ1) is 14.2. The van der Waals surface area contributed by atoms with E-state index in [-0.39, 0.29) is 17.0 Å². The topological polar surface area (TPSA) is 84.4 Å². The van der Waals surface area contributed by atoms with Gasteiger partial charge in [0.2, 0.25) is 16.0 Å². The fraction of sp³-hybridized carbons (Fsp3) is 0.636. The highest BCUT2D eigenvalue weighted by atomic mass is 32.2. The molecule has 0 saturated carbocycles. The summed E-state index contributed by atoms with van der Waals surface area (Å²) in [6.07, 6.45) is 2.53. The molecule has 106 valence electrons. The summed E-state index contributed by atoms with van der Waals surface area (Å²) in [7, 11) is -1.89. The van der Waals surface area contributed by atoms with Crippen molar-refractivity contribution in [3.8, 4) is 0 Å². The van der Waals surface area contributed by atoms with E-state index in [0.29, 0.717) is 19.1 Å². The van der Waals surface area contributed by atoms with Crippen LogP contribution in [0.4, 0.5) is 5.95 Å². The monoisotopic (exact) mass is 286 g/mol. The molecule has 1 fully saturated rings. The number of hydrogen-bond acceptors (Lipinski definition) is 6. The van der Waals surface area contributed by atoms with Crippen molar-refractivity contribution >= 4 is 16.0 Å². The summed E-state index contributed by atoms with van der Waals surface area (Å²) in [4.78, 5) is 7.99. The van der Waals surface area contributed by atoms with E-state index >= 15 is 0 Å². The number of anilines is 1. The molecule has 2 heterocycles. The minimum atomic E-state index is -3.57. The van der Waals surface area contributed by atoms with E-state index in [2.05, 4.69) is 15.3 Å². The maximum absolute atomic E-state index is 12.5. The Hall–Kier alpha value is -1.25. The van der Waals surface area contributed by atoms with Crippen LogP contribution in [-0.4, -0.2) is 55.0 Å². The second-order valence-electron chi connectivity index (χ2n) is 4.56. The fourth-order valence-corrected chi connectivity index (χ4v) is 3.51. The third-order valence-corrected chi connectivity index (χ3v) is 4.94. The van der Waals surface area contributed by atoms with Gasteiger partial charge in [-0.15, -0.1) is 0 Å². The summed E-state index contributed by atoms with van der Waals surface area (Å²) < 4.78 is 31.9. The van der Waals surface area contributed by atoms with Crippen molar-refractivity contribution in [3.63, 3.8) is 0 Å². The van der Waals surface area contributed by atoms with Crippen LogP contribution in [0.2, 0.25) is 0 Å². The molecule has 2 atom stereocenters. The largest absolute Gasteiger partial charge is 0.375 e. The van der Waals surface area contributed by atoms with E-state index in [0.717, 1.165) is 0 Å². The summed E-state index contributed by atoms with van der Waals surface area (Å²) in [5.74, 6) is 0.391. The molecule has 0 bridgehead atoms. The smallest absolute Gasteiger partial charge is 0.246 e. The molecule has 0 aliphatic carbocycles. The van der Waals surface area contributed by atoms with E-state index in [9.17, 15) is 8.42 Å². The Balaban J connectivity index is 2.29. The van der Waals surface area contributed by atoms with Gasteiger partial charge in [0.25, 0.3) is 0 Å². The Labute approximate surface area is 113 Å². The van der Waals surface area contributed by atoms with Gasteiger partial charge < -0.3 is 10.1 Å². The fourth-order valence-electron chi connectivity index (χ4n) is 1.92. The molecule has 8 heteroatoms. The lowest BCUT2D eigenvalue weighted by Crippen LogP contribution is -2.50. The van der Waals surface area contributed by atoms with Crippen LogP contribution in [0.5, 0.6) is 0 Å². The first-order chi connectivity index (χ1) is 8.95. The number of hydrogen-bond donors (Lipinski definition) is 1. The molecule has 1 aromatic heterocycles. The van der Waals surface area contributed by atoms with E-state index in [4.69, 9.17) is 4.74 Å². The van der Waals surface area contributed by atoms with E-state index < -0.39 is 10.0 Å². The lowest BCUT2D eigenvalue weighted by Gasteiger charge is -2.35. The van der Waals surface area contributed by atoms with Crippen molar-refractivity contribution in [2.45, 2.75) is 30.9 Å². The summed E-state index contributed by atoms with van der Waals surface area (Å²) >= 11 is 0. The van der Waals surface area contributed by atoms with Gasteiger partial charge >= 0.3 is 0 Å². The molecular weight excluding hydrogens is 268 g/mol. The molecule has 0 spiro atoms. The maximum Gasteiger partial charge on any atom is 0.246 e. The van der Waals surface area contributed by atoms with Crippen molar-refractivity contribution in [1.82, 2.24) is 14.3 Å². The number of sulfonamides is 1. The average molecular weight is 286 g/mol. The number of nitrogens with one attached hydrogen (secondary N) is 1. The van der Waals surface area contributed by atoms with Crippen molar-refractivity contribution in [2.24, 2.45) is 0 Å². The van der Waals surface area contributed by atoms with Gasteiger partial charge in [-0.1, -0.05) is 0 Å². The van der Waals surface area contributed by atoms with Gasteiger partial charge in [0.1, 0.15) is 4.90 Å². The summed E-state index contributed by atoms with van der Waals surface area (Å²) in [6, 6.07) is -0.190. The molecule has 1 N–H and O–H groups in total. The summed E-state index contributed by atoms with van der Waals surface area (Å²) in [6.45, 7) is 4.42. The minimum Gasteiger partial charge on any atom is -0.375 e. The summed E-state index contributed by atoms with van der Waals surface area (Å²) in [5.41, 5.74) is 0. The van der Waals surface area contributed by atoms with E-state index in [1.807, 2.05) is 13.8 Å². The Bertz CT molecular complexity index is 531. The van der Waals surface area contributed by atoms with Crippen LogP contribution >= 0.6 is 0 Å². The van der Waals surface area contributed by atoms with Crippen molar-refractivity contribution in [3.05, 3.63) is 12.4 Å². The predicted octanol–water partition coefficient (Wildman–Crippen LogP) is 0.316. The first-order valence-electron chi connectivity index (χ1n) is 6.08. The maximum atomic E-state index is 12.5. The van der Waals surface area contributed by atoms with Gasteiger partial charge in [0, 0.05) is 19.6 Å². The van der Waals surface area contributed by atoms with Crippen LogP contribution in [0.3, 0.4) is 0 Å². The zero-order valence-electron chi connectivity index (χ0n) is 11.2. The molecule has 2 rings (SSSR count). The molecule has 1 saturated heterocycles. The van der Waals surface area contributed by atoms with Crippen LogP contribution in [0.1, 0.15) is 13.8 Å². The third kappa shape index (κ3) is 2.85. The molecular formula is C11H18N4O3S. The van der Waals surface area contributed by atoms with Crippen molar-refractivity contribution in [1.29, 1.82) is 0 Å². The zero-order chi connectivity index (χ0) is 14.0. The van der Waals surface area contributed by atoms with E-state index in [1.165, 1.54) is 16.7 Å². The lowest BCUT2D eigenvalue weighted by atomic mass is 10.2. The second kappa shape index (κ2) is 5.40.